The monoisotopic (exact) mass is 351 g/mol. The minimum Gasteiger partial charge on any atom is -0.396 e. The standard InChI is InChI=1S/C19H30ClN3O/c1-21-6-3-7-22(9-8-21)12-17-13-23(14-18(17)15-24)11-16-4-2-5-19(20)10-16/h2,4-5,10,17-18,24H,3,6-9,11-15H2,1H3/t17-,18-/m1/s1. The zero-order valence-electron chi connectivity index (χ0n) is 14.7. The van der Waals surface area contributed by atoms with E-state index in [4.69, 9.17) is 11.6 Å². The third-order valence-electron chi connectivity index (χ3n) is 5.49. The number of likely N-dealkylation sites (tertiary alicyclic amines) is 1. The Morgan fingerprint density at radius 1 is 1.08 bits per heavy atom. The maximum atomic E-state index is 9.82. The van der Waals surface area contributed by atoms with E-state index in [1.807, 2.05) is 18.2 Å². The van der Waals surface area contributed by atoms with Crippen molar-refractivity contribution in [1.82, 2.24) is 14.7 Å². The molecule has 0 radical (unpaired) electrons. The van der Waals surface area contributed by atoms with Crippen molar-refractivity contribution in [1.29, 1.82) is 0 Å². The number of benzene rings is 1. The molecule has 0 bridgehead atoms. The molecule has 2 heterocycles. The number of rotatable bonds is 5. The molecule has 3 rings (SSSR count). The summed E-state index contributed by atoms with van der Waals surface area (Å²) in [5.41, 5.74) is 1.26. The topological polar surface area (TPSA) is 30.0 Å². The van der Waals surface area contributed by atoms with E-state index in [2.05, 4.69) is 27.8 Å². The highest BCUT2D eigenvalue weighted by Crippen LogP contribution is 2.26. The van der Waals surface area contributed by atoms with Gasteiger partial charge in [0.1, 0.15) is 0 Å². The average molecular weight is 352 g/mol. The Morgan fingerprint density at radius 3 is 2.71 bits per heavy atom. The lowest BCUT2D eigenvalue weighted by molar-refractivity contribution is 0.165. The number of likely N-dealkylation sites (N-methyl/N-ethyl adjacent to an activating group) is 1. The molecule has 1 aromatic carbocycles. The van der Waals surface area contributed by atoms with Crippen molar-refractivity contribution >= 4 is 11.6 Å². The Labute approximate surface area is 151 Å². The summed E-state index contributed by atoms with van der Waals surface area (Å²) in [4.78, 5) is 7.49. The van der Waals surface area contributed by atoms with E-state index in [1.54, 1.807) is 0 Å². The van der Waals surface area contributed by atoms with Crippen LogP contribution >= 0.6 is 11.6 Å². The van der Waals surface area contributed by atoms with Crippen molar-refractivity contribution in [3.8, 4) is 0 Å². The van der Waals surface area contributed by atoms with Crippen LogP contribution in [0.5, 0.6) is 0 Å². The van der Waals surface area contributed by atoms with E-state index in [0.29, 0.717) is 18.4 Å². The van der Waals surface area contributed by atoms with Crippen LogP contribution in [0.15, 0.2) is 24.3 Å². The van der Waals surface area contributed by atoms with Crippen LogP contribution in [0.3, 0.4) is 0 Å². The van der Waals surface area contributed by atoms with E-state index < -0.39 is 0 Å². The number of aliphatic hydroxyl groups excluding tert-OH is 1. The normalized spacial score (nSPS) is 27.5. The molecular weight excluding hydrogens is 322 g/mol. The molecule has 134 valence electrons. The van der Waals surface area contributed by atoms with Crippen LogP contribution in [-0.2, 0) is 6.54 Å². The number of halogens is 1. The summed E-state index contributed by atoms with van der Waals surface area (Å²) in [5.74, 6) is 0.961. The van der Waals surface area contributed by atoms with Crippen LogP contribution in [0, 0.1) is 11.8 Å². The summed E-state index contributed by atoms with van der Waals surface area (Å²) in [6.07, 6.45) is 1.25. The second-order valence-corrected chi connectivity index (χ2v) is 7.92. The highest BCUT2D eigenvalue weighted by atomic mass is 35.5. The lowest BCUT2D eigenvalue weighted by Gasteiger charge is -2.26. The first-order valence-electron chi connectivity index (χ1n) is 9.12. The zero-order chi connectivity index (χ0) is 16.9. The molecule has 2 fully saturated rings. The van der Waals surface area contributed by atoms with Crippen LogP contribution < -0.4 is 0 Å². The van der Waals surface area contributed by atoms with Crippen molar-refractivity contribution in [3.05, 3.63) is 34.9 Å². The maximum Gasteiger partial charge on any atom is 0.0475 e. The van der Waals surface area contributed by atoms with Gasteiger partial charge in [0.05, 0.1) is 0 Å². The quantitative estimate of drug-likeness (QED) is 0.879. The van der Waals surface area contributed by atoms with Crippen LogP contribution in [0.25, 0.3) is 0 Å². The fourth-order valence-electron chi connectivity index (χ4n) is 4.09. The summed E-state index contributed by atoms with van der Waals surface area (Å²) < 4.78 is 0. The highest BCUT2D eigenvalue weighted by molar-refractivity contribution is 6.30. The Hall–Kier alpha value is -0.650. The lowest BCUT2D eigenvalue weighted by atomic mass is 9.96. The first-order chi connectivity index (χ1) is 11.6. The number of hydrogen-bond acceptors (Lipinski definition) is 4. The molecule has 2 aliphatic heterocycles. The highest BCUT2D eigenvalue weighted by Gasteiger charge is 2.33. The molecule has 1 aromatic rings. The smallest absolute Gasteiger partial charge is 0.0475 e. The summed E-state index contributed by atoms with van der Waals surface area (Å²) in [6, 6.07) is 8.12. The molecule has 0 amide bonds. The van der Waals surface area contributed by atoms with Crippen molar-refractivity contribution in [2.24, 2.45) is 11.8 Å². The maximum absolute atomic E-state index is 9.82. The van der Waals surface area contributed by atoms with Gasteiger partial charge in [0.25, 0.3) is 0 Å². The lowest BCUT2D eigenvalue weighted by Crippen LogP contribution is -2.36. The third kappa shape index (κ3) is 4.93. The van der Waals surface area contributed by atoms with Crippen molar-refractivity contribution in [2.45, 2.75) is 13.0 Å². The fraction of sp³-hybridized carbons (Fsp3) is 0.684. The third-order valence-corrected chi connectivity index (χ3v) is 5.72. The van der Waals surface area contributed by atoms with Crippen molar-refractivity contribution < 1.29 is 5.11 Å². The van der Waals surface area contributed by atoms with Gasteiger partial charge in [-0.2, -0.15) is 0 Å². The Balaban J connectivity index is 1.55. The minimum absolute atomic E-state index is 0.296. The minimum atomic E-state index is 0.296. The van der Waals surface area contributed by atoms with Gasteiger partial charge in [0, 0.05) is 50.9 Å². The summed E-state index contributed by atoms with van der Waals surface area (Å²) >= 11 is 6.10. The summed E-state index contributed by atoms with van der Waals surface area (Å²) in [5, 5.41) is 10.6. The molecule has 0 aliphatic carbocycles. The van der Waals surface area contributed by atoms with Crippen molar-refractivity contribution in [3.63, 3.8) is 0 Å². The predicted octanol–water partition coefficient (Wildman–Crippen LogP) is 2.02. The van der Waals surface area contributed by atoms with Crippen LogP contribution in [0.1, 0.15) is 12.0 Å². The summed E-state index contributed by atoms with van der Waals surface area (Å²) in [7, 11) is 2.21. The average Bonchev–Trinajstić information content (AvgIpc) is 2.81. The molecule has 0 spiro atoms. The molecule has 2 aliphatic rings. The van der Waals surface area contributed by atoms with Gasteiger partial charge < -0.3 is 14.9 Å². The van der Waals surface area contributed by atoms with Crippen LogP contribution in [-0.4, -0.2) is 79.3 Å². The number of hydrogen-bond donors (Lipinski definition) is 1. The molecular formula is C19H30ClN3O. The molecule has 0 aromatic heterocycles. The van der Waals surface area contributed by atoms with Crippen LogP contribution in [0.4, 0.5) is 0 Å². The molecule has 1 N–H and O–H groups in total. The van der Waals surface area contributed by atoms with Crippen LogP contribution in [0.2, 0.25) is 5.02 Å². The van der Waals surface area contributed by atoms with Gasteiger partial charge in [-0.05, 0) is 56.1 Å². The van der Waals surface area contributed by atoms with Crippen molar-refractivity contribution in [2.75, 3.05) is 59.5 Å². The van der Waals surface area contributed by atoms with Gasteiger partial charge in [0.15, 0.2) is 0 Å². The van der Waals surface area contributed by atoms with Gasteiger partial charge >= 0.3 is 0 Å². The molecule has 2 saturated heterocycles. The Morgan fingerprint density at radius 2 is 1.92 bits per heavy atom. The molecule has 5 heteroatoms. The van der Waals surface area contributed by atoms with Gasteiger partial charge in [-0.25, -0.2) is 0 Å². The second kappa shape index (κ2) is 8.63. The zero-order valence-corrected chi connectivity index (χ0v) is 15.5. The molecule has 4 nitrogen and oxygen atoms in total. The Kier molecular flexibility index (Phi) is 6.53. The van der Waals surface area contributed by atoms with E-state index in [0.717, 1.165) is 44.3 Å². The number of aliphatic hydroxyl groups is 1. The van der Waals surface area contributed by atoms with E-state index in [1.165, 1.54) is 25.1 Å². The molecule has 0 unspecified atom stereocenters. The van der Waals surface area contributed by atoms with E-state index >= 15 is 0 Å². The fourth-order valence-corrected chi connectivity index (χ4v) is 4.30. The second-order valence-electron chi connectivity index (χ2n) is 7.48. The van der Waals surface area contributed by atoms with E-state index in [-0.39, 0.29) is 0 Å². The van der Waals surface area contributed by atoms with E-state index in [9.17, 15) is 5.11 Å². The SMILES string of the molecule is CN1CCCN(C[C@@H]2CN(Cc3cccc(Cl)c3)C[C@@H]2CO)CC1. The van der Waals surface area contributed by atoms with Gasteiger partial charge in [-0.15, -0.1) is 0 Å². The van der Waals surface area contributed by atoms with Gasteiger partial charge in [-0.3, -0.25) is 4.90 Å². The largest absolute Gasteiger partial charge is 0.396 e. The summed E-state index contributed by atoms with van der Waals surface area (Å²) in [6.45, 7) is 9.10. The Bertz CT molecular complexity index is 527. The molecule has 2 atom stereocenters. The number of nitrogens with zero attached hydrogens (tertiary/aromatic N) is 3. The molecule has 24 heavy (non-hydrogen) atoms. The molecule has 0 saturated carbocycles. The van der Waals surface area contributed by atoms with Gasteiger partial charge in [0.2, 0.25) is 0 Å². The first-order valence-corrected chi connectivity index (χ1v) is 9.50. The van der Waals surface area contributed by atoms with Gasteiger partial charge in [-0.1, -0.05) is 23.7 Å². The first kappa shape index (κ1) is 18.2. The predicted molar refractivity (Wildman–Crippen MR) is 99.3 cm³/mol.